The first-order valence-electron chi connectivity index (χ1n) is 9.85. The molecular formula is C18H27Cl12O4P. The molecule has 0 aliphatic heterocycles. The number of halogens is 12. The van der Waals surface area contributed by atoms with Crippen molar-refractivity contribution in [1.29, 1.82) is 0 Å². The van der Waals surface area contributed by atoms with E-state index in [0.29, 0.717) is 0 Å². The first-order chi connectivity index (χ1) is 15.0. The van der Waals surface area contributed by atoms with Gasteiger partial charge in [0.2, 0.25) is 0 Å². The lowest BCUT2D eigenvalue weighted by atomic mass is 10.0. The molecule has 0 aromatic carbocycles. The summed E-state index contributed by atoms with van der Waals surface area (Å²) in [6, 6.07) is 0. The van der Waals surface area contributed by atoms with E-state index in [-0.39, 0.29) is 19.3 Å². The van der Waals surface area contributed by atoms with Crippen molar-refractivity contribution in [2.75, 3.05) is 0 Å². The number of hydrogen-bond acceptors (Lipinski definition) is 4. The molecule has 0 saturated carbocycles. The Kier molecular flexibility index (Phi) is 15.1. The third-order valence-corrected chi connectivity index (χ3v) is 10.0. The molecule has 0 rings (SSSR count). The minimum Gasteiger partial charge on any atom is -0.279 e. The average molecular weight is 764 g/mol. The van der Waals surface area contributed by atoms with Gasteiger partial charge in [-0.05, 0) is 41.5 Å². The van der Waals surface area contributed by atoms with Gasteiger partial charge < -0.3 is 0 Å². The predicted octanol–water partition coefficient (Wildman–Crippen LogP) is 11.6. The zero-order valence-electron chi connectivity index (χ0n) is 19.5. The minimum absolute atomic E-state index is 0.157. The van der Waals surface area contributed by atoms with Crippen molar-refractivity contribution >= 4 is 147 Å². The van der Waals surface area contributed by atoms with E-state index in [2.05, 4.69) is 0 Å². The van der Waals surface area contributed by atoms with Crippen LogP contribution >= 0.6 is 147 Å². The smallest absolute Gasteiger partial charge is 0.279 e. The molecule has 212 valence electrons. The summed E-state index contributed by atoms with van der Waals surface area (Å²) in [4.78, 5) is 0. The molecule has 0 heterocycles. The highest BCUT2D eigenvalue weighted by Gasteiger charge is 2.51. The molecule has 0 aliphatic carbocycles. The molecule has 0 N–H and O–H groups in total. The van der Waals surface area contributed by atoms with E-state index in [1.54, 1.807) is 0 Å². The molecule has 0 fully saturated rings. The molecule has 0 saturated heterocycles. The first kappa shape index (κ1) is 38.6. The lowest BCUT2D eigenvalue weighted by molar-refractivity contribution is -0.0449. The van der Waals surface area contributed by atoms with Crippen LogP contribution in [0.4, 0.5) is 0 Å². The number of hydrogen-bond donors (Lipinski definition) is 0. The Bertz CT molecular complexity index is 635. The lowest BCUT2D eigenvalue weighted by Gasteiger charge is -2.42. The second kappa shape index (κ2) is 13.7. The van der Waals surface area contributed by atoms with E-state index >= 15 is 0 Å². The molecule has 0 radical (unpaired) electrons. The van der Waals surface area contributed by atoms with E-state index < -0.39 is 52.1 Å². The Morgan fingerprint density at radius 3 is 0.829 bits per heavy atom. The summed E-state index contributed by atoms with van der Waals surface area (Å²) in [7, 11) is -4.58. The number of rotatable bonds is 12. The second-order valence-corrected chi connectivity index (χ2v) is 20.0. The topological polar surface area (TPSA) is 44.8 Å². The zero-order valence-corrected chi connectivity index (χ0v) is 29.4. The molecule has 3 atom stereocenters. The Labute approximate surface area is 267 Å². The molecule has 17 heteroatoms. The van der Waals surface area contributed by atoms with Crippen LogP contribution < -0.4 is 0 Å². The van der Waals surface area contributed by atoms with Crippen LogP contribution in [0, 0.1) is 0 Å². The van der Waals surface area contributed by atoms with E-state index in [1.807, 2.05) is 0 Å². The average Bonchev–Trinajstić information content (AvgIpc) is 2.47. The Morgan fingerprint density at radius 2 is 0.686 bits per heavy atom. The predicted molar refractivity (Wildman–Crippen MR) is 157 cm³/mol. The van der Waals surface area contributed by atoms with Gasteiger partial charge in [-0.15, -0.1) is 34.8 Å². The van der Waals surface area contributed by atoms with Gasteiger partial charge in [0, 0.05) is 19.3 Å². The van der Waals surface area contributed by atoms with Gasteiger partial charge in [0.1, 0.15) is 0 Å². The van der Waals surface area contributed by atoms with Gasteiger partial charge >= 0.3 is 7.82 Å². The van der Waals surface area contributed by atoms with Gasteiger partial charge in [-0.1, -0.05) is 104 Å². The third kappa shape index (κ3) is 16.0. The SMILES string of the molecule is CC(C)(OP(=O)(OC(C)(C)C(Cl)CC(Cl)(Cl)Cl)OC(C)(C)C(Cl)CC(Cl)(Cl)Cl)C(Cl)CC(Cl)(Cl)Cl. The molecule has 4 nitrogen and oxygen atoms in total. The first-order valence-corrected chi connectivity index (χ1v) is 16.0. The van der Waals surface area contributed by atoms with Crippen LogP contribution in [0.5, 0.6) is 0 Å². The van der Waals surface area contributed by atoms with Crippen LogP contribution in [0.25, 0.3) is 0 Å². The summed E-state index contributed by atoms with van der Waals surface area (Å²) in [5.74, 6) is 0. The van der Waals surface area contributed by atoms with E-state index in [9.17, 15) is 4.57 Å². The van der Waals surface area contributed by atoms with Crippen LogP contribution in [0.2, 0.25) is 0 Å². The summed E-state index contributed by atoms with van der Waals surface area (Å²) in [5.41, 5.74) is -4.25. The van der Waals surface area contributed by atoms with E-state index in [4.69, 9.17) is 153 Å². The zero-order chi connectivity index (χ0) is 28.5. The molecule has 0 spiro atoms. The largest absolute Gasteiger partial charge is 0.476 e. The molecule has 0 aromatic rings. The second-order valence-electron chi connectivity index (χ2n) is 9.39. The maximum Gasteiger partial charge on any atom is 0.476 e. The highest BCUT2D eigenvalue weighted by atomic mass is 35.6. The molecule has 3 unspecified atom stereocenters. The van der Waals surface area contributed by atoms with Gasteiger partial charge in [-0.2, -0.15) is 0 Å². The fourth-order valence-electron chi connectivity index (χ4n) is 2.44. The number of phosphoric acid groups is 1. The molecular weight excluding hydrogens is 737 g/mol. The minimum atomic E-state index is -4.58. The van der Waals surface area contributed by atoms with Crippen molar-refractivity contribution in [1.82, 2.24) is 0 Å². The molecule has 0 amide bonds. The Hall–Kier alpha value is 3.59. The van der Waals surface area contributed by atoms with Crippen molar-refractivity contribution < 1.29 is 18.1 Å². The maximum atomic E-state index is 14.1. The highest BCUT2D eigenvalue weighted by Crippen LogP contribution is 2.61. The standard InChI is InChI=1S/C18H27Cl12O4P/c1-13(2,10(19)7-16(22,23)24)32-35(31,33-14(3,4)11(20)8-17(25,26)27)34-15(5,6)12(21)9-18(28,29)30/h10-12H,7-9H2,1-6H3. The maximum absolute atomic E-state index is 14.1. The Balaban J connectivity index is 6.24. The third-order valence-electron chi connectivity index (χ3n) is 4.54. The van der Waals surface area contributed by atoms with Crippen molar-refractivity contribution in [2.45, 2.75) is 105 Å². The van der Waals surface area contributed by atoms with Gasteiger partial charge in [0.25, 0.3) is 0 Å². The van der Waals surface area contributed by atoms with Crippen LogP contribution in [0.15, 0.2) is 0 Å². The van der Waals surface area contributed by atoms with E-state index in [0.717, 1.165) is 0 Å². The number of alkyl halides is 12. The summed E-state index contributed by atoms with van der Waals surface area (Å²) >= 11 is 72.2. The van der Waals surface area contributed by atoms with E-state index in [1.165, 1.54) is 41.5 Å². The summed E-state index contributed by atoms with van der Waals surface area (Å²) in [6.07, 6.45) is -0.471. The normalized spacial score (nSPS) is 19.3. The quantitative estimate of drug-likeness (QED) is 0.147. The van der Waals surface area contributed by atoms with Crippen LogP contribution in [-0.2, 0) is 18.1 Å². The monoisotopic (exact) mass is 758 g/mol. The fraction of sp³-hybridized carbons (Fsp3) is 1.00. The van der Waals surface area contributed by atoms with Gasteiger partial charge in [-0.25, -0.2) is 4.57 Å². The summed E-state index contributed by atoms with van der Waals surface area (Å²) < 4.78 is 26.5. The molecule has 0 aliphatic rings. The lowest BCUT2D eigenvalue weighted by Crippen LogP contribution is -2.43. The van der Waals surface area contributed by atoms with Crippen molar-refractivity contribution in [3.8, 4) is 0 Å². The van der Waals surface area contributed by atoms with Crippen molar-refractivity contribution in [3.63, 3.8) is 0 Å². The fourth-order valence-corrected chi connectivity index (χ4v) is 7.78. The summed E-state index contributed by atoms with van der Waals surface area (Å²) in [5, 5.41) is -2.87. The van der Waals surface area contributed by atoms with Crippen LogP contribution in [-0.4, -0.2) is 44.3 Å². The molecule has 0 bridgehead atoms. The van der Waals surface area contributed by atoms with Gasteiger partial charge in [0.05, 0.1) is 32.9 Å². The van der Waals surface area contributed by atoms with Gasteiger partial charge in [0.15, 0.2) is 11.4 Å². The van der Waals surface area contributed by atoms with Crippen LogP contribution in [0.1, 0.15) is 60.8 Å². The van der Waals surface area contributed by atoms with Crippen LogP contribution in [0.3, 0.4) is 0 Å². The van der Waals surface area contributed by atoms with Crippen molar-refractivity contribution in [2.24, 2.45) is 0 Å². The summed E-state index contributed by atoms with van der Waals surface area (Å²) in [6.45, 7) is 9.08. The number of phosphoric ester groups is 1. The highest BCUT2D eigenvalue weighted by molar-refractivity contribution is 7.48. The molecule has 0 aromatic heterocycles. The molecule has 35 heavy (non-hydrogen) atoms. The Morgan fingerprint density at radius 1 is 0.514 bits per heavy atom. The van der Waals surface area contributed by atoms with Gasteiger partial charge in [-0.3, -0.25) is 13.6 Å². The van der Waals surface area contributed by atoms with Crippen molar-refractivity contribution in [3.05, 3.63) is 0 Å².